The maximum Gasteiger partial charge on any atom is 0.349 e. The zero-order chi connectivity index (χ0) is 16.7. The van der Waals surface area contributed by atoms with Gasteiger partial charge in [-0.15, -0.1) is 0 Å². The number of fused-ring (bicyclic) bond motifs is 1. The van der Waals surface area contributed by atoms with Gasteiger partial charge in [-0.25, -0.2) is 9.18 Å². The Morgan fingerprint density at radius 3 is 2.62 bits per heavy atom. The van der Waals surface area contributed by atoms with Gasteiger partial charge in [-0.2, -0.15) is 4.98 Å². The minimum absolute atomic E-state index is 0.00181. The Hall–Kier alpha value is -3.48. The normalized spacial score (nSPS) is 11.0. The van der Waals surface area contributed by atoms with E-state index >= 15 is 0 Å². The second kappa shape index (κ2) is 5.31. The van der Waals surface area contributed by atoms with Crippen LogP contribution in [0.25, 0.3) is 33.8 Å². The van der Waals surface area contributed by atoms with Gasteiger partial charge in [0.25, 0.3) is 5.89 Å². The van der Waals surface area contributed by atoms with Crippen LogP contribution >= 0.6 is 0 Å². The summed E-state index contributed by atoms with van der Waals surface area (Å²) in [5.41, 5.74) is 0.250. The molecule has 0 aliphatic carbocycles. The van der Waals surface area contributed by atoms with Crippen LogP contribution in [0.2, 0.25) is 0 Å². The summed E-state index contributed by atoms with van der Waals surface area (Å²) in [5.74, 6) is -0.149. The monoisotopic (exact) mass is 324 g/mol. The molecule has 2 aromatic heterocycles. The van der Waals surface area contributed by atoms with Crippen LogP contribution < -0.4 is 5.63 Å². The van der Waals surface area contributed by atoms with Crippen molar-refractivity contribution in [2.75, 3.05) is 0 Å². The van der Waals surface area contributed by atoms with Gasteiger partial charge in [0.15, 0.2) is 0 Å². The molecular formula is C17H9FN2O4. The van der Waals surface area contributed by atoms with E-state index in [1.807, 2.05) is 0 Å². The first-order valence-electron chi connectivity index (χ1n) is 6.97. The van der Waals surface area contributed by atoms with Crippen molar-refractivity contribution in [3.63, 3.8) is 0 Å². The molecule has 0 bridgehead atoms. The zero-order valence-corrected chi connectivity index (χ0v) is 12.1. The van der Waals surface area contributed by atoms with Crippen LogP contribution in [0, 0.1) is 5.82 Å². The summed E-state index contributed by atoms with van der Waals surface area (Å²) in [4.78, 5) is 16.3. The maximum atomic E-state index is 13.0. The molecule has 4 rings (SSSR count). The fourth-order valence-electron chi connectivity index (χ4n) is 2.30. The molecule has 0 fully saturated rings. The highest BCUT2D eigenvalue weighted by Gasteiger charge is 2.16. The van der Waals surface area contributed by atoms with E-state index in [9.17, 15) is 14.3 Å². The van der Waals surface area contributed by atoms with Crippen LogP contribution in [-0.2, 0) is 0 Å². The number of halogens is 1. The second-order valence-electron chi connectivity index (χ2n) is 5.10. The second-order valence-corrected chi connectivity index (χ2v) is 5.10. The molecule has 2 aromatic carbocycles. The Balaban J connectivity index is 1.80. The topological polar surface area (TPSA) is 89.4 Å². The lowest BCUT2D eigenvalue weighted by Gasteiger charge is -1.99. The van der Waals surface area contributed by atoms with Gasteiger partial charge < -0.3 is 14.0 Å². The van der Waals surface area contributed by atoms with Gasteiger partial charge in [0.05, 0.1) is 0 Å². The Morgan fingerprint density at radius 2 is 1.83 bits per heavy atom. The molecule has 118 valence electrons. The van der Waals surface area contributed by atoms with Crippen LogP contribution in [0.4, 0.5) is 4.39 Å². The van der Waals surface area contributed by atoms with E-state index in [2.05, 4.69) is 10.1 Å². The number of benzene rings is 2. The van der Waals surface area contributed by atoms with E-state index < -0.39 is 5.63 Å². The quantitative estimate of drug-likeness (QED) is 0.569. The number of rotatable bonds is 2. The lowest BCUT2D eigenvalue weighted by Crippen LogP contribution is -2.02. The fraction of sp³-hybridized carbons (Fsp3) is 0. The van der Waals surface area contributed by atoms with E-state index in [0.29, 0.717) is 10.9 Å². The number of nitrogens with zero attached hydrogens (tertiary/aromatic N) is 2. The smallest absolute Gasteiger partial charge is 0.349 e. The zero-order valence-electron chi connectivity index (χ0n) is 12.1. The summed E-state index contributed by atoms with van der Waals surface area (Å²) in [6, 6.07) is 11.6. The largest absolute Gasteiger partial charge is 0.508 e. The highest BCUT2D eigenvalue weighted by molar-refractivity contribution is 5.81. The molecule has 0 unspecified atom stereocenters. The van der Waals surface area contributed by atoms with E-state index in [-0.39, 0.29) is 34.4 Å². The number of hydrogen-bond acceptors (Lipinski definition) is 6. The summed E-state index contributed by atoms with van der Waals surface area (Å²) in [6.45, 7) is 0. The lowest BCUT2D eigenvalue weighted by atomic mass is 10.2. The average molecular weight is 324 g/mol. The number of aromatic nitrogens is 2. The van der Waals surface area contributed by atoms with Crippen LogP contribution in [0.5, 0.6) is 5.75 Å². The van der Waals surface area contributed by atoms with Crippen molar-refractivity contribution < 1.29 is 18.4 Å². The summed E-state index contributed by atoms with van der Waals surface area (Å²) >= 11 is 0. The number of phenols is 1. The predicted octanol–water partition coefficient (Wildman–Crippen LogP) is 3.35. The number of phenolic OH excluding ortho intramolecular Hbond substituents is 1. The number of aromatic hydroxyl groups is 1. The van der Waals surface area contributed by atoms with E-state index in [0.717, 1.165) is 0 Å². The maximum absolute atomic E-state index is 13.0. The van der Waals surface area contributed by atoms with E-state index in [1.165, 1.54) is 36.4 Å². The molecule has 0 aliphatic rings. The molecule has 4 aromatic rings. The van der Waals surface area contributed by atoms with Gasteiger partial charge in [-0.05, 0) is 42.5 Å². The molecule has 0 saturated carbocycles. The highest BCUT2D eigenvalue weighted by atomic mass is 19.1. The van der Waals surface area contributed by atoms with Crippen LogP contribution in [0.1, 0.15) is 0 Å². The van der Waals surface area contributed by atoms with Gasteiger partial charge in [0, 0.05) is 17.0 Å². The molecule has 0 atom stereocenters. The van der Waals surface area contributed by atoms with Crippen LogP contribution in [0.15, 0.2) is 62.3 Å². The molecule has 7 heteroatoms. The average Bonchev–Trinajstić information content (AvgIpc) is 3.04. The first-order valence-corrected chi connectivity index (χ1v) is 6.97. The molecule has 6 nitrogen and oxygen atoms in total. The Labute approximate surface area is 133 Å². The van der Waals surface area contributed by atoms with Crippen molar-refractivity contribution in [3.8, 4) is 28.6 Å². The fourth-order valence-corrected chi connectivity index (χ4v) is 2.30. The molecule has 0 saturated heterocycles. The predicted molar refractivity (Wildman–Crippen MR) is 82.8 cm³/mol. The molecule has 0 amide bonds. The molecular weight excluding hydrogens is 315 g/mol. The van der Waals surface area contributed by atoms with Gasteiger partial charge >= 0.3 is 5.63 Å². The van der Waals surface area contributed by atoms with Gasteiger partial charge in [0.2, 0.25) is 5.82 Å². The third kappa shape index (κ3) is 2.41. The summed E-state index contributed by atoms with van der Waals surface area (Å²) in [5, 5.41) is 13.8. The third-order valence-electron chi connectivity index (χ3n) is 3.48. The van der Waals surface area contributed by atoms with Crippen molar-refractivity contribution in [2.24, 2.45) is 0 Å². The molecule has 0 spiro atoms. The van der Waals surface area contributed by atoms with Crippen molar-refractivity contribution in [2.45, 2.75) is 0 Å². The Kier molecular flexibility index (Phi) is 3.13. The van der Waals surface area contributed by atoms with Gasteiger partial charge in [-0.3, -0.25) is 0 Å². The summed E-state index contributed by atoms with van der Waals surface area (Å²) < 4.78 is 23.3. The van der Waals surface area contributed by atoms with Crippen molar-refractivity contribution in [1.29, 1.82) is 0 Å². The van der Waals surface area contributed by atoms with Crippen molar-refractivity contribution in [3.05, 3.63) is 64.8 Å². The van der Waals surface area contributed by atoms with Crippen molar-refractivity contribution >= 4 is 11.0 Å². The van der Waals surface area contributed by atoms with Gasteiger partial charge in [0.1, 0.15) is 22.7 Å². The standard InChI is InChI=1S/C17H9FN2O4/c18-11-4-1-9(2-5-11)15-19-16(24-20-15)13-7-10-3-6-12(21)8-14(10)23-17(13)22/h1-8,21H. The minimum atomic E-state index is -0.664. The first kappa shape index (κ1) is 14.1. The number of hydrogen-bond donors (Lipinski definition) is 1. The van der Waals surface area contributed by atoms with Crippen LogP contribution in [-0.4, -0.2) is 15.2 Å². The molecule has 0 aliphatic heterocycles. The molecule has 1 N–H and O–H groups in total. The van der Waals surface area contributed by atoms with Gasteiger partial charge in [-0.1, -0.05) is 5.16 Å². The van der Waals surface area contributed by atoms with Crippen LogP contribution in [0.3, 0.4) is 0 Å². The van der Waals surface area contributed by atoms with E-state index in [1.54, 1.807) is 12.1 Å². The first-order chi connectivity index (χ1) is 11.6. The molecule has 2 heterocycles. The SMILES string of the molecule is O=c1oc2cc(O)ccc2cc1-c1nc(-c2ccc(F)cc2)no1. The molecule has 0 radical (unpaired) electrons. The molecule has 24 heavy (non-hydrogen) atoms. The van der Waals surface area contributed by atoms with Crippen molar-refractivity contribution in [1.82, 2.24) is 10.1 Å². The Bertz CT molecular complexity index is 1100. The Morgan fingerprint density at radius 1 is 1.04 bits per heavy atom. The minimum Gasteiger partial charge on any atom is -0.508 e. The van der Waals surface area contributed by atoms with E-state index in [4.69, 9.17) is 8.94 Å². The summed E-state index contributed by atoms with van der Waals surface area (Å²) in [7, 11) is 0. The third-order valence-corrected chi connectivity index (χ3v) is 3.48. The highest BCUT2D eigenvalue weighted by Crippen LogP contribution is 2.24. The summed E-state index contributed by atoms with van der Waals surface area (Å²) in [6.07, 6.45) is 0. The lowest BCUT2D eigenvalue weighted by molar-refractivity contribution is 0.429.